The van der Waals surface area contributed by atoms with Crippen molar-refractivity contribution < 1.29 is 27.0 Å². The van der Waals surface area contributed by atoms with E-state index in [1.807, 2.05) is 248 Å². The maximum atomic E-state index is 13.0. The van der Waals surface area contributed by atoms with Gasteiger partial charge in [-0.25, -0.2) is 38.3 Å². The van der Waals surface area contributed by atoms with Crippen molar-refractivity contribution in [1.29, 1.82) is 0 Å². The molecule has 1 atom stereocenters. The zero-order valence-corrected chi connectivity index (χ0v) is 69.2. The number of azo groups is 2. The summed E-state index contributed by atoms with van der Waals surface area (Å²) in [5.41, 5.74) is 20.2. The van der Waals surface area contributed by atoms with Gasteiger partial charge in [0, 0.05) is 106 Å². The molecule has 1 aliphatic carbocycles. The summed E-state index contributed by atoms with van der Waals surface area (Å²) in [6, 6.07) is 102. The number of thiophene rings is 1. The Hall–Kier alpha value is -16.1. The van der Waals surface area contributed by atoms with Crippen LogP contribution in [0.4, 0.5) is 17.6 Å². The topological polar surface area (TPSA) is 146 Å². The molecule has 0 saturated heterocycles. The van der Waals surface area contributed by atoms with Crippen molar-refractivity contribution in [3.63, 3.8) is 0 Å². The third kappa shape index (κ3) is 19.9. The van der Waals surface area contributed by atoms with Crippen molar-refractivity contribution in [2.24, 2.45) is 5.11 Å². The highest BCUT2D eigenvalue weighted by Crippen LogP contribution is 2.35. The van der Waals surface area contributed by atoms with Crippen molar-refractivity contribution in [2.45, 2.75) is 37.9 Å². The van der Waals surface area contributed by atoms with Gasteiger partial charge in [-0.2, -0.15) is 23.4 Å². The molecule has 15 aromatic heterocycles. The average molecular weight is 1680 g/mol. The number of imidazole rings is 5. The molecule has 0 spiro atoms. The first kappa shape index (κ1) is 82.3. The molecule has 17 heterocycles. The average Bonchev–Trinajstić information content (AvgIpc) is 1.87. The molecule has 618 valence electrons. The highest BCUT2D eigenvalue weighted by Gasteiger charge is 2.31. The van der Waals surface area contributed by atoms with E-state index < -0.39 is 11.7 Å². The number of halogens is 4. The predicted molar refractivity (Wildman–Crippen MR) is 494 cm³/mol. The van der Waals surface area contributed by atoms with Gasteiger partial charge in [0.1, 0.15) is 40.9 Å². The fourth-order valence-corrected chi connectivity index (χ4v) is 15.3. The van der Waals surface area contributed by atoms with Crippen molar-refractivity contribution >= 4 is 61.4 Å². The van der Waals surface area contributed by atoms with Gasteiger partial charge in [-0.1, -0.05) is 217 Å². The van der Waals surface area contributed by atoms with Gasteiger partial charge in [0.2, 0.25) is 6.04 Å². The molecule has 0 N–H and O–H groups in total. The summed E-state index contributed by atoms with van der Waals surface area (Å²) in [7, 11) is 1.55. The van der Waals surface area contributed by atoms with E-state index >= 15 is 0 Å². The van der Waals surface area contributed by atoms with E-state index in [1.54, 1.807) is 70.2 Å². The van der Waals surface area contributed by atoms with Crippen LogP contribution in [0.15, 0.2) is 437 Å². The van der Waals surface area contributed by atoms with E-state index in [2.05, 4.69) is 178 Å². The van der Waals surface area contributed by atoms with Gasteiger partial charge in [0.25, 0.3) is 0 Å². The molecule has 3 aliphatic rings. The maximum absolute atomic E-state index is 13.0. The van der Waals surface area contributed by atoms with Gasteiger partial charge >= 0.3 is 6.18 Å². The monoisotopic (exact) mass is 1680 g/mol. The lowest BCUT2D eigenvalue weighted by atomic mass is 9.97. The quantitative estimate of drug-likeness (QED) is 0.103. The summed E-state index contributed by atoms with van der Waals surface area (Å²) in [6.07, 6.45) is 35.5. The minimum Gasteiger partial charge on any atom is -0.497 e. The fraction of sp³-hybridized carbons (Fsp3) is 0.0673. The van der Waals surface area contributed by atoms with Crippen LogP contribution in [-0.4, -0.2) is 84.0 Å². The van der Waals surface area contributed by atoms with Gasteiger partial charge in [-0.05, 0) is 152 Å². The van der Waals surface area contributed by atoms with Crippen molar-refractivity contribution in [3.05, 3.63) is 455 Å². The van der Waals surface area contributed by atoms with E-state index in [0.717, 1.165) is 108 Å². The van der Waals surface area contributed by atoms with Gasteiger partial charge in [0.15, 0.2) is 6.20 Å². The minimum absolute atomic E-state index is 0.260. The van der Waals surface area contributed by atoms with Crippen LogP contribution in [-0.2, 0) is 6.18 Å². The number of aromatic nitrogens is 14. The molecular formula is C104H83F4N16OS+. The molecule has 0 fully saturated rings. The number of allylic oxidation sites excluding steroid dienone is 4. The summed E-state index contributed by atoms with van der Waals surface area (Å²) >= 11 is 1.72. The number of ether oxygens (including phenoxy) is 1. The number of hydrogen-bond donors (Lipinski definition) is 0. The number of rotatable bonds is 9. The molecule has 6 aromatic carbocycles. The summed E-state index contributed by atoms with van der Waals surface area (Å²) < 4.78 is 71.8. The van der Waals surface area contributed by atoms with Crippen LogP contribution in [0.3, 0.4) is 0 Å². The van der Waals surface area contributed by atoms with Gasteiger partial charge in [-0.15, -0.1) is 11.3 Å². The highest BCUT2D eigenvalue weighted by molar-refractivity contribution is 7.13. The van der Waals surface area contributed by atoms with Crippen LogP contribution >= 0.6 is 11.3 Å². The van der Waals surface area contributed by atoms with Gasteiger partial charge in [0.05, 0.1) is 97.8 Å². The molecule has 0 saturated carbocycles. The van der Waals surface area contributed by atoms with Crippen LogP contribution in [0, 0.1) is 5.82 Å². The summed E-state index contributed by atoms with van der Waals surface area (Å²) in [5, 5.41) is 15.7. The largest absolute Gasteiger partial charge is 0.497 e. The number of nitrogens with zero attached hydrogens (tertiary/aromatic N) is 16. The normalized spacial score (nSPS) is 13.0. The van der Waals surface area contributed by atoms with Crippen LogP contribution in [0.2, 0.25) is 0 Å². The van der Waals surface area contributed by atoms with Crippen LogP contribution in [0.1, 0.15) is 42.5 Å². The zero-order chi connectivity index (χ0) is 85.8. The Morgan fingerprint density at radius 2 is 1.02 bits per heavy atom. The molecular weight excluding hydrogens is 1600 g/mol. The maximum Gasteiger partial charge on any atom is 0.416 e. The Labute approximate surface area is 727 Å². The number of methoxy groups -OCH3 is 1. The lowest BCUT2D eigenvalue weighted by Crippen LogP contribution is -2.13. The highest BCUT2D eigenvalue weighted by atomic mass is 32.1. The summed E-state index contributed by atoms with van der Waals surface area (Å²) in [5.74, 6) is 1.85. The molecule has 0 amide bonds. The molecule has 0 bridgehead atoms. The van der Waals surface area contributed by atoms with E-state index in [0.29, 0.717) is 23.2 Å². The summed E-state index contributed by atoms with van der Waals surface area (Å²) in [6.45, 7) is 0. The molecule has 21 aromatic rings. The first-order valence-electron chi connectivity index (χ1n) is 41.0. The first-order valence-corrected chi connectivity index (χ1v) is 41.9. The number of benzene rings is 6. The lowest BCUT2D eigenvalue weighted by Gasteiger charge is -2.09. The Morgan fingerprint density at radius 3 is 1.66 bits per heavy atom. The Bertz CT molecular complexity index is 7130. The number of alkyl halides is 3. The molecule has 126 heavy (non-hydrogen) atoms. The van der Waals surface area contributed by atoms with E-state index in [-0.39, 0.29) is 5.82 Å². The number of hydrogen-bond acceptors (Lipinski definition) is 10. The lowest BCUT2D eigenvalue weighted by molar-refractivity contribution is -0.534. The van der Waals surface area contributed by atoms with Crippen molar-refractivity contribution in [3.8, 4) is 72.9 Å². The van der Waals surface area contributed by atoms with Crippen molar-refractivity contribution in [2.75, 3.05) is 7.11 Å². The molecule has 17 nitrogen and oxygen atoms in total. The SMILES string of the molecule is C1=C(c2cc3ccccn3n2)CCCC1.C1=CC2C=C(c3ccccc3)N=[N+]2C=C1.COc1ccn2c(-c3cccc(C(F)(F)F)c3)ncc2c1.Fc1ccc2c(-c3ccccc3)ncn2c1.c1ccc(-c2cc3ccccn3n2)cc1.c1ccc(-c2ncc3ccccn23)cc1.c1ccc(-c2ncn3ccccc23)cc1.c1csc(-c2cn3ccccc3n2)c1. The minimum atomic E-state index is -4.37. The predicted octanol–water partition coefficient (Wildman–Crippen LogP) is 25.5. The van der Waals surface area contributed by atoms with Crippen molar-refractivity contribution in [1.82, 2.24) is 66.2 Å². The first-order chi connectivity index (χ1) is 62.0. The smallest absolute Gasteiger partial charge is 0.416 e. The standard InChI is InChI=1S/C15H11F3N2O.C13H9FN2.2C13H10N2.C13H14N2.C13H11N2.C13H10N2.C11H8N2S/c1-21-13-5-6-20-12(8-13)9-19-14(20)10-3-2-4-11(7-10)15(16,17)18;14-11-6-7-12-13(15-9-16(12)8-11)10-4-2-1-3-5-10;1-2-6-11(7-3-1)13-12-8-4-5-9-15(12)10-14-13;1-2-6-11(7-3-1)13-14-10-12-8-4-5-9-15(12)13;3*1-2-6-11(7-3-1)13-10-12-8-4-5-9-15(12)14-13;1-2-6-13-8-9(12-11(13)5-1)10-4-3-7-14-10/h2-9H,1H3;1-9H;2*1-10H;4-6,8-10H,1-3,7H2;1-10,12H;1-10H;1-8H/q;;;;;+1;;. The van der Waals surface area contributed by atoms with Gasteiger partial charge < -0.3 is 17.9 Å². The second kappa shape index (κ2) is 39.2. The molecule has 22 heteroatoms. The van der Waals surface area contributed by atoms with Crippen LogP contribution in [0.25, 0.3) is 117 Å². The second-order valence-corrected chi connectivity index (χ2v) is 30.2. The molecule has 2 aliphatic heterocycles. The Morgan fingerprint density at radius 1 is 0.444 bits per heavy atom. The molecule has 0 radical (unpaired) electrons. The third-order valence-corrected chi connectivity index (χ3v) is 21.7. The fourth-order valence-electron chi connectivity index (χ4n) is 14.6. The second-order valence-electron chi connectivity index (χ2n) is 29.2. The number of fused-ring (bicyclic) bond motifs is 8. The van der Waals surface area contributed by atoms with Gasteiger partial charge in [-0.3, -0.25) is 8.80 Å². The Kier molecular flexibility index (Phi) is 25.6. The number of pyridine rings is 7. The van der Waals surface area contributed by atoms with Crippen LogP contribution in [0.5, 0.6) is 5.75 Å². The zero-order valence-electron chi connectivity index (χ0n) is 68.4. The molecule has 24 rings (SSSR count). The third-order valence-electron chi connectivity index (χ3n) is 20.8. The Balaban J connectivity index is 0.000000102. The summed E-state index contributed by atoms with van der Waals surface area (Å²) in [4.78, 5) is 23.1. The van der Waals surface area contributed by atoms with E-state index in [4.69, 9.17) is 4.74 Å². The molecule has 1 unspecified atom stereocenters. The van der Waals surface area contributed by atoms with E-state index in [9.17, 15) is 17.6 Å². The van der Waals surface area contributed by atoms with E-state index in [1.165, 1.54) is 65.5 Å². The van der Waals surface area contributed by atoms with Crippen LogP contribution < -0.4 is 4.74 Å².